The minimum absolute atomic E-state index is 0.194. The zero-order valence-corrected chi connectivity index (χ0v) is 17.9. The van der Waals surface area contributed by atoms with E-state index in [9.17, 15) is 32.9 Å². The third-order valence-electron chi connectivity index (χ3n) is 3.66. The van der Waals surface area contributed by atoms with Crippen LogP contribution in [0.1, 0.15) is 6.23 Å². The van der Waals surface area contributed by atoms with Gasteiger partial charge in [-0.15, -0.1) is 0 Å². The molecule has 1 aromatic rings. The number of anilines is 1. The SMILES string of the molecule is COC1(COP(=O)(O)OP(=O)(O)OP(=O)(O)O)O[C@@H](n2ccc(N)nc2=O)[C@H](F)[C@@H]1O. The van der Waals surface area contributed by atoms with E-state index in [1.165, 1.54) is 0 Å². The molecule has 21 heteroatoms. The third-order valence-corrected chi connectivity index (χ3v) is 7.44. The first-order chi connectivity index (χ1) is 14.0. The summed E-state index contributed by atoms with van der Waals surface area (Å²) in [5.74, 6) is -2.74. The van der Waals surface area contributed by atoms with E-state index < -0.39 is 60.1 Å². The monoisotopic (exact) mass is 515 g/mol. The van der Waals surface area contributed by atoms with Gasteiger partial charge in [0.2, 0.25) is 5.79 Å². The lowest BCUT2D eigenvalue weighted by molar-refractivity contribution is -0.267. The van der Waals surface area contributed by atoms with Crippen LogP contribution < -0.4 is 11.4 Å². The van der Waals surface area contributed by atoms with Crippen molar-refractivity contribution >= 4 is 29.3 Å². The van der Waals surface area contributed by atoms with E-state index >= 15 is 0 Å². The molecular weight excluding hydrogens is 498 g/mol. The van der Waals surface area contributed by atoms with E-state index in [0.29, 0.717) is 4.57 Å². The van der Waals surface area contributed by atoms with Gasteiger partial charge in [-0.05, 0) is 6.07 Å². The topological polar surface area (TPSA) is 259 Å². The summed E-state index contributed by atoms with van der Waals surface area (Å²) in [6.07, 6.45) is -5.48. The number of phosphoric ester groups is 1. The Balaban J connectivity index is 2.20. The van der Waals surface area contributed by atoms with Crippen LogP contribution in [0.4, 0.5) is 10.2 Å². The molecule has 0 radical (unpaired) electrons. The van der Waals surface area contributed by atoms with Gasteiger partial charge in [-0.3, -0.25) is 9.09 Å². The number of aromatic nitrogens is 2. The molecule has 1 aliphatic rings. The first-order valence-corrected chi connectivity index (χ1v) is 12.2. The summed E-state index contributed by atoms with van der Waals surface area (Å²) < 4.78 is 70.4. The van der Waals surface area contributed by atoms with Crippen LogP contribution in [-0.2, 0) is 36.3 Å². The highest BCUT2D eigenvalue weighted by Crippen LogP contribution is 2.66. The number of nitrogen functional groups attached to an aromatic ring is 1. The zero-order valence-electron chi connectivity index (χ0n) is 15.2. The van der Waals surface area contributed by atoms with Gasteiger partial charge in [-0.1, -0.05) is 0 Å². The average molecular weight is 515 g/mol. The minimum Gasteiger partial charge on any atom is -0.384 e. The van der Waals surface area contributed by atoms with Gasteiger partial charge in [-0.25, -0.2) is 22.9 Å². The number of rotatable bonds is 9. The van der Waals surface area contributed by atoms with Crippen LogP contribution in [0, 0.1) is 0 Å². The Morgan fingerprint density at radius 1 is 1.26 bits per heavy atom. The molecule has 2 heterocycles. The van der Waals surface area contributed by atoms with Gasteiger partial charge in [0.15, 0.2) is 12.4 Å². The van der Waals surface area contributed by atoms with Crippen molar-refractivity contribution < 1.29 is 65.4 Å². The zero-order chi connectivity index (χ0) is 23.8. The Labute approximate surface area is 171 Å². The lowest BCUT2D eigenvalue weighted by atomic mass is 10.1. The number of methoxy groups -OCH3 is 1. The van der Waals surface area contributed by atoms with Crippen LogP contribution >= 0.6 is 23.5 Å². The number of aliphatic hydroxyl groups excluding tert-OH is 1. The number of hydrogen-bond donors (Lipinski definition) is 6. The summed E-state index contributed by atoms with van der Waals surface area (Å²) in [5.41, 5.74) is 4.25. The fourth-order valence-corrected chi connectivity index (χ4v) is 5.43. The molecule has 0 bridgehead atoms. The summed E-state index contributed by atoms with van der Waals surface area (Å²) in [5, 5.41) is 10.2. The predicted molar refractivity (Wildman–Crippen MR) is 93.5 cm³/mol. The van der Waals surface area contributed by atoms with Crippen LogP contribution in [0.5, 0.6) is 0 Å². The van der Waals surface area contributed by atoms with Crippen molar-refractivity contribution in [2.24, 2.45) is 0 Å². The van der Waals surface area contributed by atoms with Crippen LogP contribution in [0.15, 0.2) is 17.1 Å². The molecule has 1 saturated heterocycles. The first kappa shape index (κ1) is 26.2. The van der Waals surface area contributed by atoms with E-state index in [-0.39, 0.29) is 5.82 Å². The Bertz CT molecular complexity index is 1020. The summed E-state index contributed by atoms with van der Waals surface area (Å²) in [6, 6.07) is 1.11. The molecule has 1 fully saturated rings. The fraction of sp³-hybridized carbons (Fsp3) is 0.600. The molecule has 178 valence electrons. The molecule has 1 aliphatic heterocycles. The van der Waals surface area contributed by atoms with Crippen molar-refractivity contribution in [3.8, 4) is 0 Å². The normalized spacial score (nSPS) is 30.6. The van der Waals surface area contributed by atoms with Gasteiger partial charge in [-0.2, -0.15) is 13.6 Å². The summed E-state index contributed by atoms with van der Waals surface area (Å²) in [6.45, 7) is -1.33. The smallest absolute Gasteiger partial charge is 0.384 e. The van der Waals surface area contributed by atoms with E-state index in [1.54, 1.807) is 0 Å². The quantitative estimate of drug-likeness (QED) is 0.210. The van der Waals surface area contributed by atoms with Crippen molar-refractivity contribution in [3.05, 3.63) is 22.7 Å². The first-order valence-electron chi connectivity index (χ1n) is 7.69. The number of alkyl halides is 1. The maximum Gasteiger partial charge on any atom is 0.490 e. The second-order valence-corrected chi connectivity index (χ2v) is 10.2. The molecule has 6 atom stereocenters. The number of hydrogen-bond acceptors (Lipinski definition) is 12. The number of halogens is 1. The van der Waals surface area contributed by atoms with Gasteiger partial charge in [0.05, 0.1) is 0 Å². The standard InChI is InChI=1S/C10H17FN3O14P3/c1-24-10(4-25-30(20,21)28-31(22,23)27-29(17,18)19)7(15)6(11)8(26-10)14-3-2-5(12)13-9(14)16/h2-3,6-8,15H,4H2,1H3,(H,20,21)(H,22,23)(H2,12,13,16)(H2,17,18,19)/t6-,7+,8-,10?/m1/s1. The molecule has 17 nitrogen and oxygen atoms in total. The molecular formula is C10H17FN3O14P3. The molecule has 7 N–H and O–H groups in total. The minimum atomic E-state index is -5.81. The Kier molecular flexibility index (Phi) is 7.62. The third kappa shape index (κ3) is 6.46. The van der Waals surface area contributed by atoms with E-state index in [0.717, 1.165) is 19.4 Å². The molecule has 0 aromatic carbocycles. The van der Waals surface area contributed by atoms with Gasteiger partial charge < -0.3 is 39.9 Å². The molecule has 2 rings (SSSR count). The maximum atomic E-state index is 14.6. The lowest BCUT2D eigenvalue weighted by Crippen LogP contribution is -2.47. The number of aliphatic hydroxyl groups is 1. The second-order valence-electron chi connectivity index (χ2n) is 5.82. The number of ether oxygens (including phenoxy) is 2. The molecule has 0 amide bonds. The van der Waals surface area contributed by atoms with Gasteiger partial charge in [0, 0.05) is 13.3 Å². The van der Waals surface area contributed by atoms with Crippen molar-refractivity contribution in [2.45, 2.75) is 24.3 Å². The highest BCUT2D eigenvalue weighted by Gasteiger charge is 2.58. The fourth-order valence-electron chi connectivity index (χ4n) is 2.39. The van der Waals surface area contributed by atoms with Crippen LogP contribution in [0.3, 0.4) is 0 Å². The highest BCUT2D eigenvalue weighted by molar-refractivity contribution is 7.66. The molecule has 31 heavy (non-hydrogen) atoms. The highest BCUT2D eigenvalue weighted by atomic mass is 31.3. The Morgan fingerprint density at radius 2 is 1.87 bits per heavy atom. The van der Waals surface area contributed by atoms with Crippen molar-refractivity contribution in [3.63, 3.8) is 0 Å². The van der Waals surface area contributed by atoms with E-state index in [2.05, 4.69) is 18.1 Å². The van der Waals surface area contributed by atoms with Crippen LogP contribution in [0.25, 0.3) is 0 Å². The molecule has 0 aliphatic carbocycles. The van der Waals surface area contributed by atoms with E-state index in [4.69, 9.17) is 29.9 Å². The van der Waals surface area contributed by atoms with Crippen molar-refractivity contribution in [1.82, 2.24) is 9.55 Å². The summed E-state index contributed by atoms with van der Waals surface area (Å²) in [4.78, 5) is 50.8. The second kappa shape index (κ2) is 9.03. The van der Waals surface area contributed by atoms with Crippen molar-refractivity contribution in [2.75, 3.05) is 19.5 Å². The van der Waals surface area contributed by atoms with Gasteiger partial charge >= 0.3 is 29.2 Å². The summed E-state index contributed by atoms with van der Waals surface area (Å²) in [7, 11) is -16.2. The largest absolute Gasteiger partial charge is 0.490 e. The number of phosphoric acid groups is 3. The number of nitrogens with zero attached hydrogens (tertiary/aromatic N) is 2. The molecule has 0 spiro atoms. The van der Waals surface area contributed by atoms with Gasteiger partial charge in [0.1, 0.15) is 18.5 Å². The summed E-state index contributed by atoms with van der Waals surface area (Å²) >= 11 is 0. The van der Waals surface area contributed by atoms with Gasteiger partial charge in [0.25, 0.3) is 0 Å². The van der Waals surface area contributed by atoms with Crippen LogP contribution in [0.2, 0.25) is 0 Å². The van der Waals surface area contributed by atoms with Crippen molar-refractivity contribution in [1.29, 1.82) is 0 Å². The number of nitrogens with two attached hydrogens (primary N) is 1. The Hall–Kier alpha value is -1.10. The average Bonchev–Trinajstić information content (AvgIpc) is 2.82. The Morgan fingerprint density at radius 3 is 2.39 bits per heavy atom. The lowest BCUT2D eigenvalue weighted by Gasteiger charge is -2.30. The molecule has 1 aromatic heterocycles. The molecule has 0 saturated carbocycles. The molecule has 3 unspecified atom stereocenters. The van der Waals surface area contributed by atoms with Crippen LogP contribution in [-0.4, -0.2) is 66.0 Å². The predicted octanol–water partition coefficient (Wildman–Crippen LogP) is -1.26. The van der Waals surface area contributed by atoms with E-state index in [1.807, 2.05) is 0 Å². The maximum absolute atomic E-state index is 14.6.